The molecule has 3 atom stereocenters. The number of allylic oxidation sites excluding steroid dienone is 2. The van der Waals surface area contributed by atoms with Gasteiger partial charge in [0.1, 0.15) is 0 Å². The Labute approximate surface area is 140 Å². The zero-order chi connectivity index (χ0) is 16.6. The van der Waals surface area contributed by atoms with Gasteiger partial charge in [0, 0.05) is 18.1 Å². The molecule has 122 valence electrons. The average Bonchev–Trinajstić information content (AvgIpc) is 2.53. The largest absolute Gasteiger partial charge is 0.481 e. The lowest BCUT2D eigenvalue weighted by molar-refractivity contribution is -0.155. The predicted molar refractivity (Wildman–Crippen MR) is 88.1 cm³/mol. The zero-order valence-electron chi connectivity index (χ0n) is 13.0. The number of rotatable bonds is 3. The van der Waals surface area contributed by atoms with Crippen molar-refractivity contribution in [2.45, 2.75) is 26.3 Å². The number of likely N-dealkylation sites (tertiary alicyclic amines) is 1. The van der Waals surface area contributed by atoms with Crippen LogP contribution in [0, 0.1) is 24.7 Å². The monoisotopic (exact) mass is 333 g/mol. The number of fused-ring (bicyclic) bond motifs is 1. The second-order valence-corrected chi connectivity index (χ2v) is 6.84. The number of carboxylic acid groups (broad SMARTS) is 1. The van der Waals surface area contributed by atoms with Crippen molar-refractivity contribution in [1.29, 1.82) is 0 Å². The Hall–Kier alpha value is -1.81. The van der Waals surface area contributed by atoms with Gasteiger partial charge in [0.25, 0.3) is 0 Å². The van der Waals surface area contributed by atoms with Crippen molar-refractivity contribution in [2.75, 3.05) is 6.54 Å². The molecule has 4 nitrogen and oxygen atoms in total. The number of carboxylic acids is 1. The van der Waals surface area contributed by atoms with Gasteiger partial charge in [-0.3, -0.25) is 9.59 Å². The maximum absolute atomic E-state index is 12.8. The predicted octanol–water partition coefficient (Wildman–Crippen LogP) is 3.27. The highest BCUT2D eigenvalue weighted by Gasteiger charge is 2.44. The quantitative estimate of drug-likeness (QED) is 0.864. The topological polar surface area (TPSA) is 57.6 Å². The van der Waals surface area contributed by atoms with Crippen LogP contribution in [-0.2, 0) is 16.1 Å². The third-order valence-electron chi connectivity index (χ3n) is 4.91. The van der Waals surface area contributed by atoms with Gasteiger partial charge < -0.3 is 10.0 Å². The Morgan fingerprint density at radius 1 is 1.43 bits per heavy atom. The van der Waals surface area contributed by atoms with Crippen molar-refractivity contribution < 1.29 is 14.7 Å². The Balaban J connectivity index is 1.79. The summed E-state index contributed by atoms with van der Waals surface area (Å²) >= 11 is 6.04. The summed E-state index contributed by atoms with van der Waals surface area (Å²) in [4.78, 5) is 26.1. The first-order valence-corrected chi connectivity index (χ1v) is 8.28. The van der Waals surface area contributed by atoms with E-state index in [1.807, 2.05) is 37.3 Å². The van der Waals surface area contributed by atoms with Gasteiger partial charge in [0.05, 0.1) is 11.8 Å². The molecule has 0 bridgehead atoms. The molecule has 2 aliphatic rings. The highest BCUT2D eigenvalue weighted by Crippen LogP contribution is 2.37. The van der Waals surface area contributed by atoms with Gasteiger partial charge >= 0.3 is 5.97 Å². The summed E-state index contributed by atoms with van der Waals surface area (Å²) in [5, 5.41) is 10.1. The molecule has 0 saturated carbocycles. The van der Waals surface area contributed by atoms with Gasteiger partial charge in [-0.25, -0.2) is 0 Å². The summed E-state index contributed by atoms with van der Waals surface area (Å²) in [6.45, 7) is 3.11. The van der Waals surface area contributed by atoms with E-state index in [0.717, 1.165) is 17.5 Å². The molecule has 23 heavy (non-hydrogen) atoms. The van der Waals surface area contributed by atoms with E-state index < -0.39 is 17.8 Å². The second-order valence-electron chi connectivity index (χ2n) is 6.43. The summed E-state index contributed by atoms with van der Waals surface area (Å²) < 4.78 is 0. The number of carbonyl (C=O) groups excluding carboxylic acids is 1. The number of hydrogen-bond acceptors (Lipinski definition) is 2. The van der Waals surface area contributed by atoms with Crippen LogP contribution in [0.4, 0.5) is 0 Å². The first-order chi connectivity index (χ1) is 11.0. The molecule has 1 heterocycles. The fraction of sp³-hybridized carbons (Fsp3) is 0.444. The molecule has 5 heteroatoms. The number of carbonyl (C=O) groups is 2. The van der Waals surface area contributed by atoms with Crippen molar-refractivity contribution in [3.63, 3.8) is 0 Å². The van der Waals surface area contributed by atoms with E-state index in [4.69, 9.17) is 11.6 Å². The van der Waals surface area contributed by atoms with Crippen LogP contribution in [0.15, 0.2) is 30.4 Å². The summed E-state index contributed by atoms with van der Waals surface area (Å²) in [5.41, 5.74) is 2.01. The zero-order valence-corrected chi connectivity index (χ0v) is 13.8. The number of amides is 1. The third-order valence-corrected chi connectivity index (χ3v) is 5.33. The Morgan fingerprint density at radius 2 is 2.22 bits per heavy atom. The first-order valence-electron chi connectivity index (χ1n) is 7.90. The van der Waals surface area contributed by atoms with Crippen LogP contribution >= 0.6 is 11.6 Å². The van der Waals surface area contributed by atoms with Crippen LogP contribution < -0.4 is 0 Å². The minimum absolute atomic E-state index is 0.0365. The molecule has 1 amide bonds. The standard InChI is InChI=1S/C18H20ClNO3/c1-11-9-12(5-6-15(11)19)10-20-8-7-13-3-2-4-14(18(22)23)16(13)17(20)21/h2-3,5-6,9,13-14,16H,4,7-8,10H2,1H3,(H,22,23)/t13-,14-,16+/m1/s1. The van der Waals surface area contributed by atoms with Crippen LogP contribution in [0.2, 0.25) is 5.02 Å². The van der Waals surface area contributed by atoms with E-state index in [1.54, 1.807) is 4.90 Å². The minimum Gasteiger partial charge on any atom is -0.481 e. The number of hydrogen-bond donors (Lipinski definition) is 1. The molecule has 1 N–H and O–H groups in total. The van der Waals surface area contributed by atoms with Gasteiger partial charge in [-0.2, -0.15) is 0 Å². The third kappa shape index (κ3) is 3.13. The van der Waals surface area contributed by atoms with Gasteiger partial charge in [-0.15, -0.1) is 0 Å². The van der Waals surface area contributed by atoms with E-state index in [1.165, 1.54) is 0 Å². The summed E-state index contributed by atoms with van der Waals surface area (Å²) in [5.74, 6) is -1.89. The average molecular weight is 334 g/mol. The number of halogens is 1. The van der Waals surface area contributed by atoms with E-state index in [2.05, 4.69) is 0 Å². The summed E-state index contributed by atoms with van der Waals surface area (Å²) in [6.07, 6.45) is 5.19. The van der Waals surface area contributed by atoms with Gasteiger partial charge in [0.15, 0.2) is 0 Å². The maximum atomic E-state index is 12.8. The van der Waals surface area contributed by atoms with Crippen molar-refractivity contribution in [1.82, 2.24) is 4.90 Å². The fourth-order valence-corrected chi connectivity index (χ4v) is 3.78. The SMILES string of the molecule is Cc1cc(CN2CC[C@H]3C=CC[C@@H](C(=O)O)[C@H]3C2=O)ccc1Cl. The van der Waals surface area contributed by atoms with Crippen LogP contribution in [0.25, 0.3) is 0 Å². The minimum atomic E-state index is -0.873. The van der Waals surface area contributed by atoms with E-state index in [-0.39, 0.29) is 11.8 Å². The maximum Gasteiger partial charge on any atom is 0.307 e. The number of nitrogens with zero attached hydrogens (tertiary/aromatic N) is 1. The molecule has 1 aromatic rings. The Bertz CT molecular complexity index is 670. The second kappa shape index (κ2) is 6.36. The lowest BCUT2D eigenvalue weighted by Crippen LogP contribution is -2.49. The molecule has 1 saturated heterocycles. The number of aliphatic carboxylic acids is 1. The normalized spacial score (nSPS) is 27.0. The van der Waals surface area contributed by atoms with Gasteiger partial charge in [0.2, 0.25) is 5.91 Å². The Kier molecular flexibility index (Phi) is 4.44. The molecule has 1 aliphatic carbocycles. The molecule has 0 spiro atoms. The molecular weight excluding hydrogens is 314 g/mol. The molecule has 0 radical (unpaired) electrons. The number of aryl methyl sites for hydroxylation is 1. The van der Waals surface area contributed by atoms with Crippen molar-refractivity contribution in [3.05, 3.63) is 46.5 Å². The molecule has 0 aromatic heterocycles. The molecule has 3 rings (SSSR count). The van der Waals surface area contributed by atoms with Crippen LogP contribution in [0.5, 0.6) is 0 Å². The van der Waals surface area contributed by atoms with Crippen LogP contribution in [0.3, 0.4) is 0 Å². The molecule has 1 aliphatic heterocycles. The lowest BCUT2D eigenvalue weighted by atomic mass is 9.71. The number of benzene rings is 1. The fourth-order valence-electron chi connectivity index (χ4n) is 3.66. The van der Waals surface area contributed by atoms with Crippen molar-refractivity contribution in [2.24, 2.45) is 17.8 Å². The van der Waals surface area contributed by atoms with E-state index in [0.29, 0.717) is 24.5 Å². The lowest BCUT2D eigenvalue weighted by Gasteiger charge is -2.41. The smallest absolute Gasteiger partial charge is 0.307 e. The number of piperidine rings is 1. The van der Waals surface area contributed by atoms with Gasteiger partial charge in [-0.05, 0) is 42.9 Å². The molecule has 1 aromatic carbocycles. The van der Waals surface area contributed by atoms with E-state index in [9.17, 15) is 14.7 Å². The highest BCUT2D eigenvalue weighted by atomic mass is 35.5. The highest BCUT2D eigenvalue weighted by molar-refractivity contribution is 6.31. The first kappa shape index (κ1) is 16.1. The van der Waals surface area contributed by atoms with Crippen LogP contribution in [0.1, 0.15) is 24.0 Å². The molecule has 1 fully saturated rings. The molecule has 0 unspecified atom stereocenters. The van der Waals surface area contributed by atoms with Crippen LogP contribution in [-0.4, -0.2) is 28.4 Å². The van der Waals surface area contributed by atoms with Gasteiger partial charge in [-0.1, -0.05) is 35.9 Å². The Morgan fingerprint density at radius 3 is 2.91 bits per heavy atom. The molecular formula is C18H20ClNO3. The summed E-state index contributed by atoms with van der Waals surface area (Å²) in [6, 6.07) is 5.74. The van der Waals surface area contributed by atoms with E-state index >= 15 is 0 Å². The summed E-state index contributed by atoms with van der Waals surface area (Å²) in [7, 11) is 0. The van der Waals surface area contributed by atoms with Crippen molar-refractivity contribution >= 4 is 23.5 Å². The van der Waals surface area contributed by atoms with Crippen molar-refractivity contribution in [3.8, 4) is 0 Å².